The summed E-state index contributed by atoms with van der Waals surface area (Å²) in [4.78, 5) is 14.4. The molecule has 0 saturated carbocycles. The van der Waals surface area contributed by atoms with Crippen LogP contribution in [0.25, 0.3) is 0 Å². The SMILES string of the molecule is CC1CCCN(Cc2ccccc2C(N)=S)C1=O. The van der Waals surface area contributed by atoms with Gasteiger partial charge in [0, 0.05) is 24.6 Å². The number of amides is 1. The lowest BCUT2D eigenvalue weighted by Crippen LogP contribution is -2.39. The van der Waals surface area contributed by atoms with Gasteiger partial charge in [0.1, 0.15) is 4.99 Å². The van der Waals surface area contributed by atoms with E-state index < -0.39 is 0 Å². The van der Waals surface area contributed by atoms with Crippen molar-refractivity contribution in [2.45, 2.75) is 26.3 Å². The van der Waals surface area contributed by atoms with Crippen molar-refractivity contribution in [2.24, 2.45) is 11.7 Å². The Morgan fingerprint density at radius 2 is 2.22 bits per heavy atom. The summed E-state index contributed by atoms with van der Waals surface area (Å²) >= 11 is 5.04. The molecule has 0 bridgehead atoms. The van der Waals surface area contributed by atoms with Gasteiger partial charge in [-0.3, -0.25) is 4.79 Å². The molecule has 1 aromatic carbocycles. The molecule has 1 amide bonds. The molecule has 1 aromatic rings. The van der Waals surface area contributed by atoms with Crippen molar-refractivity contribution in [2.75, 3.05) is 6.54 Å². The largest absolute Gasteiger partial charge is 0.389 e. The van der Waals surface area contributed by atoms with Gasteiger partial charge in [0.05, 0.1) is 0 Å². The summed E-state index contributed by atoms with van der Waals surface area (Å²) < 4.78 is 0. The third kappa shape index (κ3) is 2.70. The summed E-state index contributed by atoms with van der Waals surface area (Å²) in [5.41, 5.74) is 7.62. The van der Waals surface area contributed by atoms with Crippen LogP contribution in [0.1, 0.15) is 30.9 Å². The van der Waals surface area contributed by atoms with Crippen LogP contribution in [0.5, 0.6) is 0 Å². The minimum Gasteiger partial charge on any atom is -0.389 e. The van der Waals surface area contributed by atoms with Crippen molar-refractivity contribution >= 4 is 23.1 Å². The summed E-state index contributed by atoms with van der Waals surface area (Å²) in [6.07, 6.45) is 2.06. The molecule has 3 nitrogen and oxygen atoms in total. The number of piperidine rings is 1. The number of hydrogen-bond donors (Lipinski definition) is 1. The average Bonchev–Trinajstić information content (AvgIpc) is 2.35. The molecule has 0 radical (unpaired) electrons. The van der Waals surface area contributed by atoms with Gasteiger partial charge in [0.25, 0.3) is 0 Å². The van der Waals surface area contributed by atoms with Gasteiger partial charge in [-0.15, -0.1) is 0 Å². The normalized spacial score (nSPS) is 19.9. The van der Waals surface area contributed by atoms with E-state index in [9.17, 15) is 4.79 Å². The molecular formula is C14H18N2OS. The first-order valence-electron chi connectivity index (χ1n) is 6.26. The van der Waals surface area contributed by atoms with E-state index >= 15 is 0 Å². The van der Waals surface area contributed by atoms with Gasteiger partial charge >= 0.3 is 0 Å². The molecule has 1 aliphatic rings. The summed E-state index contributed by atoms with van der Waals surface area (Å²) in [7, 11) is 0. The van der Waals surface area contributed by atoms with Gasteiger partial charge in [0.15, 0.2) is 0 Å². The number of thiocarbonyl (C=S) groups is 1. The Bertz CT molecular complexity index is 473. The lowest BCUT2D eigenvalue weighted by Gasteiger charge is -2.31. The predicted molar refractivity (Wildman–Crippen MR) is 76.1 cm³/mol. The topological polar surface area (TPSA) is 46.3 Å². The second kappa shape index (κ2) is 5.48. The van der Waals surface area contributed by atoms with Crippen LogP contribution in [0.15, 0.2) is 24.3 Å². The number of likely N-dealkylation sites (tertiary alicyclic amines) is 1. The molecule has 2 rings (SSSR count). The Kier molecular flexibility index (Phi) is 3.97. The van der Waals surface area contributed by atoms with E-state index in [2.05, 4.69) is 0 Å². The number of nitrogens with two attached hydrogens (primary N) is 1. The fourth-order valence-corrected chi connectivity index (χ4v) is 2.59. The monoisotopic (exact) mass is 262 g/mol. The third-order valence-electron chi connectivity index (χ3n) is 3.44. The van der Waals surface area contributed by atoms with E-state index in [0.29, 0.717) is 11.5 Å². The Morgan fingerprint density at radius 3 is 2.94 bits per heavy atom. The van der Waals surface area contributed by atoms with E-state index in [0.717, 1.165) is 30.5 Å². The molecule has 96 valence electrons. The van der Waals surface area contributed by atoms with Gasteiger partial charge in [0.2, 0.25) is 5.91 Å². The summed E-state index contributed by atoms with van der Waals surface area (Å²) in [5.74, 6) is 0.370. The van der Waals surface area contributed by atoms with Gasteiger partial charge in [-0.25, -0.2) is 0 Å². The molecule has 1 fully saturated rings. The Hall–Kier alpha value is -1.42. The highest BCUT2D eigenvalue weighted by molar-refractivity contribution is 7.80. The molecule has 1 heterocycles. The molecule has 18 heavy (non-hydrogen) atoms. The second-order valence-corrected chi connectivity index (χ2v) is 5.26. The second-order valence-electron chi connectivity index (χ2n) is 4.82. The van der Waals surface area contributed by atoms with Crippen LogP contribution in [-0.4, -0.2) is 22.3 Å². The number of rotatable bonds is 3. The summed E-state index contributed by atoms with van der Waals surface area (Å²) in [5, 5.41) is 0. The van der Waals surface area contributed by atoms with Gasteiger partial charge in [-0.1, -0.05) is 43.4 Å². The lowest BCUT2D eigenvalue weighted by atomic mass is 9.98. The number of hydrogen-bond acceptors (Lipinski definition) is 2. The zero-order valence-corrected chi connectivity index (χ0v) is 11.4. The highest BCUT2D eigenvalue weighted by Gasteiger charge is 2.25. The fourth-order valence-electron chi connectivity index (χ4n) is 2.39. The van der Waals surface area contributed by atoms with Crippen molar-refractivity contribution in [1.82, 2.24) is 4.90 Å². The molecule has 2 N–H and O–H groups in total. The lowest BCUT2D eigenvalue weighted by molar-refractivity contribution is -0.138. The standard InChI is InChI=1S/C14H18N2OS/c1-10-5-4-8-16(14(10)17)9-11-6-2-3-7-12(11)13(15)18/h2-3,6-7,10H,4-5,8-9H2,1H3,(H2,15,18). The van der Waals surface area contributed by atoms with Crippen molar-refractivity contribution in [3.8, 4) is 0 Å². The maximum atomic E-state index is 12.1. The van der Waals surface area contributed by atoms with Crippen LogP contribution in [0.2, 0.25) is 0 Å². The molecule has 1 saturated heterocycles. The zero-order valence-electron chi connectivity index (χ0n) is 10.6. The predicted octanol–water partition coefficient (Wildman–Crippen LogP) is 2.08. The summed E-state index contributed by atoms with van der Waals surface area (Å²) in [6.45, 7) is 3.43. The van der Waals surface area contributed by atoms with E-state index in [1.807, 2.05) is 36.1 Å². The van der Waals surface area contributed by atoms with Crippen LogP contribution >= 0.6 is 12.2 Å². The number of nitrogens with zero attached hydrogens (tertiary/aromatic N) is 1. The molecular weight excluding hydrogens is 244 g/mol. The first kappa shape index (κ1) is 13.0. The Balaban J connectivity index is 2.18. The molecule has 1 atom stereocenters. The average molecular weight is 262 g/mol. The van der Waals surface area contributed by atoms with Crippen LogP contribution in [0, 0.1) is 5.92 Å². The minimum atomic E-state index is 0.135. The third-order valence-corrected chi connectivity index (χ3v) is 3.66. The number of carbonyl (C=O) groups excluding carboxylic acids is 1. The van der Waals surface area contributed by atoms with Gasteiger partial charge < -0.3 is 10.6 Å². The maximum absolute atomic E-state index is 12.1. The highest BCUT2D eigenvalue weighted by Crippen LogP contribution is 2.20. The number of carbonyl (C=O) groups is 1. The van der Waals surface area contributed by atoms with Crippen molar-refractivity contribution in [1.29, 1.82) is 0 Å². The van der Waals surface area contributed by atoms with Gasteiger partial charge in [-0.05, 0) is 18.4 Å². The molecule has 0 aromatic heterocycles. The maximum Gasteiger partial charge on any atom is 0.225 e. The van der Waals surface area contributed by atoms with E-state index in [-0.39, 0.29) is 11.8 Å². The zero-order chi connectivity index (χ0) is 13.1. The first-order valence-corrected chi connectivity index (χ1v) is 6.67. The summed E-state index contributed by atoms with van der Waals surface area (Å²) in [6, 6.07) is 7.77. The van der Waals surface area contributed by atoms with E-state index in [1.165, 1.54) is 0 Å². The smallest absolute Gasteiger partial charge is 0.225 e. The number of benzene rings is 1. The quantitative estimate of drug-likeness (QED) is 0.848. The van der Waals surface area contributed by atoms with Crippen LogP contribution in [0.4, 0.5) is 0 Å². The van der Waals surface area contributed by atoms with Crippen molar-refractivity contribution in [3.63, 3.8) is 0 Å². The molecule has 0 aliphatic carbocycles. The van der Waals surface area contributed by atoms with E-state index in [1.54, 1.807) is 0 Å². The first-order chi connectivity index (χ1) is 8.59. The minimum absolute atomic E-state index is 0.135. The molecule has 4 heteroatoms. The fraction of sp³-hybridized carbons (Fsp3) is 0.429. The molecule has 0 spiro atoms. The van der Waals surface area contributed by atoms with E-state index in [4.69, 9.17) is 18.0 Å². The van der Waals surface area contributed by atoms with Crippen LogP contribution < -0.4 is 5.73 Å². The van der Waals surface area contributed by atoms with Crippen LogP contribution in [0.3, 0.4) is 0 Å². The van der Waals surface area contributed by atoms with Crippen LogP contribution in [-0.2, 0) is 11.3 Å². The van der Waals surface area contributed by atoms with Crippen molar-refractivity contribution < 1.29 is 4.79 Å². The molecule has 1 aliphatic heterocycles. The Morgan fingerprint density at radius 1 is 1.50 bits per heavy atom. The van der Waals surface area contributed by atoms with Gasteiger partial charge in [-0.2, -0.15) is 0 Å². The highest BCUT2D eigenvalue weighted by atomic mass is 32.1. The Labute approximate surface area is 113 Å². The molecule has 1 unspecified atom stereocenters. The van der Waals surface area contributed by atoms with Crippen molar-refractivity contribution in [3.05, 3.63) is 35.4 Å².